The number of aryl methyl sites for hydroxylation is 2. The van der Waals surface area contributed by atoms with Gasteiger partial charge in [-0.15, -0.1) is 0 Å². The van der Waals surface area contributed by atoms with Crippen LogP contribution in [0.15, 0.2) is 30.7 Å². The van der Waals surface area contributed by atoms with Crippen molar-refractivity contribution in [2.45, 2.75) is 38.6 Å². The predicted octanol–water partition coefficient (Wildman–Crippen LogP) is 2.25. The molecule has 0 radical (unpaired) electrons. The van der Waals surface area contributed by atoms with Gasteiger partial charge in [0.05, 0.1) is 0 Å². The van der Waals surface area contributed by atoms with Crippen molar-refractivity contribution in [2.75, 3.05) is 19.6 Å². The highest BCUT2D eigenvalue weighted by Gasteiger charge is 2.21. The highest BCUT2D eigenvalue weighted by atomic mass is 15.3. The Labute approximate surface area is 126 Å². The van der Waals surface area contributed by atoms with Gasteiger partial charge in [-0.1, -0.05) is 0 Å². The van der Waals surface area contributed by atoms with Gasteiger partial charge in [-0.25, -0.2) is 9.97 Å². The highest BCUT2D eigenvalue weighted by Crippen LogP contribution is 2.26. The molecule has 0 unspecified atom stereocenters. The second-order valence-corrected chi connectivity index (χ2v) is 5.77. The van der Waals surface area contributed by atoms with Crippen LogP contribution in [0.2, 0.25) is 0 Å². The van der Waals surface area contributed by atoms with Crippen molar-refractivity contribution in [3.8, 4) is 0 Å². The van der Waals surface area contributed by atoms with E-state index in [1.54, 1.807) is 0 Å². The average molecular weight is 285 g/mol. The second kappa shape index (κ2) is 6.80. The molecule has 5 nitrogen and oxygen atoms in total. The maximum atomic E-state index is 4.58. The Hall–Kier alpha value is -1.75. The number of rotatable bonds is 5. The SMILES string of the molecule is Cc1nccc(C2CCN(CCCn3cccn3)CC2)n1. The average Bonchev–Trinajstić information content (AvgIpc) is 3.01. The summed E-state index contributed by atoms with van der Waals surface area (Å²) in [5, 5.41) is 4.24. The molecule has 0 amide bonds. The number of aromatic nitrogens is 4. The molecule has 3 rings (SSSR count). The molecule has 1 fully saturated rings. The van der Waals surface area contributed by atoms with Crippen LogP contribution >= 0.6 is 0 Å². The van der Waals surface area contributed by atoms with Crippen LogP contribution in [0, 0.1) is 6.92 Å². The van der Waals surface area contributed by atoms with Crippen LogP contribution in [-0.2, 0) is 6.54 Å². The summed E-state index contributed by atoms with van der Waals surface area (Å²) in [5.41, 5.74) is 1.22. The normalized spacial score (nSPS) is 17.2. The van der Waals surface area contributed by atoms with E-state index in [1.165, 1.54) is 38.0 Å². The first kappa shape index (κ1) is 14.2. The van der Waals surface area contributed by atoms with Gasteiger partial charge in [0.15, 0.2) is 0 Å². The van der Waals surface area contributed by atoms with Crippen LogP contribution in [0.25, 0.3) is 0 Å². The molecule has 1 aliphatic heterocycles. The molecule has 21 heavy (non-hydrogen) atoms. The van der Waals surface area contributed by atoms with Gasteiger partial charge in [0.25, 0.3) is 0 Å². The molecule has 0 aliphatic carbocycles. The summed E-state index contributed by atoms with van der Waals surface area (Å²) in [6.45, 7) is 6.49. The van der Waals surface area contributed by atoms with Crippen LogP contribution in [-0.4, -0.2) is 44.3 Å². The number of nitrogens with zero attached hydrogens (tertiary/aromatic N) is 5. The van der Waals surface area contributed by atoms with E-state index in [4.69, 9.17) is 0 Å². The topological polar surface area (TPSA) is 46.8 Å². The smallest absolute Gasteiger partial charge is 0.125 e. The Morgan fingerprint density at radius 2 is 2.05 bits per heavy atom. The molecule has 0 aromatic carbocycles. The van der Waals surface area contributed by atoms with Crippen molar-refractivity contribution in [3.63, 3.8) is 0 Å². The molecule has 1 aliphatic rings. The largest absolute Gasteiger partial charge is 0.303 e. The fourth-order valence-electron chi connectivity index (χ4n) is 3.04. The summed E-state index contributed by atoms with van der Waals surface area (Å²) in [6.07, 6.45) is 9.34. The van der Waals surface area contributed by atoms with E-state index < -0.39 is 0 Å². The lowest BCUT2D eigenvalue weighted by atomic mass is 9.93. The van der Waals surface area contributed by atoms with Crippen LogP contribution in [0.1, 0.15) is 36.7 Å². The minimum Gasteiger partial charge on any atom is -0.303 e. The zero-order valence-corrected chi connectivity index (χ0v) is 12.6. The molecule has 0 saturated carbocycles. The molecular weight excluding hydrogens is 262 g/mol. The molecule has 5 heteroatoms. The molecule has 0 bridgehead atoms. The fourth-order valence-corrected chi connectivity index (χ4v) is 3.04. The summed E-state index contributed by atoms with van der Waals surface area (Å²) >= 11 is 0. The molecule has 2 aromatic rings. The predicted molar refractivity (Wildman–Crippen MR) is 82.0 cm³/mol. The zero-order valence-electron chi connectivity index (χ0n) is 12.6. The highest BCUT2D eigenvalue weighted by molar-refractivity contribution is 5.09. The third-order valence-electron chi connectivity index (χ3n) is 4.22. The van der Waals surface area contributed by atoms with Gasteiger partial charge in [-0.2, -0.15) is 5.10 Å². The van der Waals surface area contributed by atoms with Crippen molar-refractivity contribution in [3.05, 3.63) is 42.2 Å². The Balaban J connectivity index is 1.42. The summed E-state index contributed by atoms with van der Waals surface area (Å²) in [7, 11) is 0. The van der Waals surface area contributed by atoms with Crippen molar-refractivity contribution in [1.29, 1.82) is 0 Å². The molecule has 1 saturated heterocycles. The van der Waals surface area contributed by atoms with Gasteiger partial charge in [0, 0.05) is 36.7 Å². The third-order valence-corrected chi connectivity index (χ3v) is 4.22. The quantitative estimate of drug-likeness (QED) is 0.845. The number of piperidine rings is 1. The van der Waals surface area contributed by atoms with Crippen LogP contribution in [0.3, 0.4) is 0 Å². The molecule has 0 spiro atoms. The van der Waals surface area contributed by atoms with Gasteiger partial charge < -0.3 is 4.90 Å². The van der Waals surface area contributed by atoms with E-state index in [1.807, 2.05) is 36.3 Å². The van der Waals surface area contributed by atoms with Crippen molar-refractivity contribution in [1.82, 2.24) is 24.6 Å². The van der Waals surface area contributed by atoms with Gasteiger partial charge in [0.2, 0.25) is 0 Å². The minimum absolute atomic E-state index is 0.606. The van der Waals surface area contributed by atoms with Gasteiger partial charge in [0.1, 0.15) is 5.82 Å². The van der Waals surface area contributed by atoms with E-state index in [9.17, 15) is 0 Å². The van der Waals surface area contributed by atoms with E-state index in [0.29, 0.717) is 5.92 Å². The van der Waals surface area contributed by atoms with E-state index >= 15 is 0 Å². The monoisotopic (exact) mass is 285 g/mol. The van der Waals surface area contributed by atoms with Gasteiger partial charge in [-0.05, 0) is 58.0 Å². The van der Waals surface area contributed by atoms with E-state index in [2.05, 4.69) is 26.0 Å². The van der Waals surface area contributed by atoms with E-state index in [0.717, 1.165) is 18.9 Å². The van der Waals surface area contributed by atoms with Crippen LogP contribution < -0.4 is 0 Å². The standard InChI is InChI=1S/C16H23N5/c1-14-17-8-4-16(19-14)15-5-12-20(13-6-15)9-3-11-21-10-2-7-18-21/h2,4,7-8,10,15H,3,5-6,9,11-13H2,1H3. The lowest BCUT2D eigenvalue weighted by molar-refractivity contribution is 0.205. The summed E-state index contributed by atoms with van der Waals surface area (Å²) in [5.74, 6) is 1.49. The molecule has 3 heterocycles. The van der Waals surface area contributed by atoms with Crippen molar-refractivity contribution >= 4 is 0 Å². The number of hydrogen-bond acceptors (Lipinski definition) is 4. The Kier molecular flexibility index (Phi) is 4.60. The molecule has 0 atom stereocenters. The lowest BCUT2D eigenvalue weighted by Gasteiger charge is -2.31. The molecular formula is C16H23N5. The first-order valence-electron chi connectivity index (χ1n) is 7.80. The van der Waals surface area contributed by atoms with Crippen LogP contribution in [0.4, 0.5) is 0 Å². The first-order valence-corrected chi connectivity index (χ1v) is 7.80. The fraction of sp³-hybridized carbons (Fsp3) is 0.562. The Morgan fingerprint density at radius 1 is 1.19 bits per heavy atom. The Bertz CT molecular complexity index is 544. The van der Waals surface area contributed by atoms with Crippen LogP contribution in [0.5, 0.6) is 0 Å². The maximum absolute atomic E-state index is 4.58. The molecule has 112 valence electrons. The number of likely N-dealkylation sites (tertiary alicyclic amines) is 1. The summed E-state index contributed by atoms with van der Waals surface area (Å²) < 4.78 is 2.01. The lowest BCUT2D eigenvalue weighted by Crippen LogP contribution is -2.34. The van der Waals surface area contributed by atoms with Crippen molar-refractivity contribution in [2.24, 2.45) is 0 Å². The van der Waals surface area contributed by atoms with Gasteiger partial charge in [-0.3, -0.25) is 4.68 Å². The maximum Gasteiger partial charge on any atom is 0.125 e. The second-order valence-electron chi connectivity index (χ2n) is 5.77. The number of hydrogen-bond donors (Lipinski definition) is 0. The Morgan fingerprint density at radius 3 is 2.76 bits per heavy atom. The molecule has 2 aromatic heterocycles. The summed E-state index contributed by atoms with van der Waals surface area (Å²) in [4.78, 5) is 11.3. The minimum atomic E-state index is 0.606. The summed E-state index contributed by atoms with van der Waals surface area (Å²) in [6, 6.07) is 4.06. The van der Waals surface area contributed by atoms with Crippen molar-refractivity contribution < 1.29 is 0 Å². The van der Waals surface area contributed by atoms with E-state index in [-0.39, 0.29) is 0 Å². The molecule has 0 N–H and O–H groups in total. The first-order chi connectivity index (χ1) is 10.3. The zero-order chi connectivity index (χ0) is 14.5. The third kappa shape index (κ3) is 3.88. The van der Waals surface area contributed by atoms with Gasteiger partial charge >= 0.3 is 0 Å².